The molecule has 22 heavy (non-hydrogen) atoms. The van der Waals surface area contributed by atoms with Gasteiger partial charge in [0.15, 0.2) is 7.28 Å². The van der Waals surface area contributed by atoms with Gasteiger partial charge in [0.05, 0.1) is 5.66 Å². The van der Waals surface area contributed by atoms with E-state index < -0.39 is 5.66 Å². The molecule has 0 aliphatic rings. The van der Waals surface area contributed by atoms with Crippen LogP contribution in [0.1, 0.15) is 19.4 Å². The fourth-order valence-electron chi connectivity index (χ4n) is 2.41. The van der Waals surface area contributed by atoms with Gasteiger partial charge in [0.25, 0.3) is 0 Å². The Hall–Kier alpha value is -1.29. The van der Waals surface area contributed by atoms with E-state index in [1.54, 1.807) is 0 Å². The minimum absolute atomic E-state index is 0.197. The number of halogens is 1. The van der Waals surface area contributed by atoms with Gasteiger partial charge in [0.1, 0.15) is 0 Å². The molecule has 2 unspecified atom stereocenters. The Bertz CT molecular complexity index is 584. The number of nitrogens with two attached hydrogens (primary N) is 1. The molecule has 2 nitrogen and oxygen atoms in total. The molecule has 4 heteroatoms. The SMILES string of the molecule is CC([B]c1ccc(Cl)cc1)C(C)(N)N(C)Cc1ccccc1. The predicted molar refractivity (Wildman–Crippen MR) is 96.8 cm³/mol. The standard InChI is InChI=1S/C18H23BClN2/c1-14(19-16-9-11-17(20)12-10-16)18(2,21)22(3)13-15-7-5-4-6-8-15/h4-12,14H,13,21H2,1-3H3. The number of hydrogen-bond donors (Lipinski definition) is 1. The molecule has 0 amide bonds. The molecule has 0 aromatic heterocycles. The van der Waals surface area contributed by atoms with E-state index in [0.717, 1.165) is 17.0 Å². The van der Waals surface area contributed by atoms with Crippen molar-refractivity contribution in [2.75, 3.05) is 7.05 Å². The summed E-state index contributed by atoms with van der Waals surface area (Å²) in [7, 11) is 4.26. The van der Waals surface area contributed by atoms with Gasteiger partial charge >= 0.3 is 0 Å². The Kier molecular flexibility index (Phi) is 5.68. The van der Waals surface area contributed by atoms with Crippen LogP contribution in [0.3, 0.4) is 0 Å². The Morgan fingerprint density at radius 1 is 1.14 bits per heavy atom. The zero-order valence-corrected chi connectivity index (χ0v) is 14.2. The monoisotopic (exact) mass is 313 g/mol. The van der Waals surface area contributed by atoms with Crippen molar-refractivity contribution in [1.29, 1.82) is 0 Å². The number of hydrogen-bond acceptors (Lipinski definition) is 2. The lowest BCUT2D eigenvalue weighted by atomic mass is 9.55. The van der Waals surface area contributed by atoms with Gasteiger partial charge in [-0.25, -0.2) is 0 Å². The van der Waals surface area contributed by atoms with E-state index in [-0.39, 0.29) is 5.82 Å². The molecule has 115 valence electrons. The summed E-state index contributed by atoms with van der Waals surface area (Å²) >= 11 is 5.93. The van der Waals surface area contributed by atoms with Crippen LogP contribution in [0.15, 0.2) is 54.6 Å². The smallest absolute Gasteiger partial charge is 0.158 e. The normalized spacial score (nSPS) is 15.4. The lowest BCUT2D eigenvalue weighted by Gasteiger charge is -2.40. The molecule has 0 aliphatic heterocycles. The van der Waals surface area contributed by atoms with Gasteiger partial charge in [-0.05, 0) is 37.5 Å². The molecule has 2 rings (SSSR count). The minimum atomic E-state index is -0.435. The zero-order chi connectivity index (χ0) is 16.2. The van der Waals surface area contributed by atoms with E-state index in [4.69, 9.17) is 17.3 Å². The van der Waals surface area contributed by atoms with Crippen LogP contribution in [-0.4, -0.2) is 24.9 Å². The van der Waals surface area contributed by atoms with Gasteiger partial charge in [-0.2, -0.15) is 0 Å². The van der Waals surface area contributed by atoms with Crippen LogP contribution in [0.4, 0.5) is 0 Å². The van der Waals surface area contributed by atoms with Gasteiger partial charge in [-0.1, -0.05) is 66.5 Å². The average Bonchev–Trinajstić information content (AvgIpc) is 2.50. The van der Waals surface area contributed by atoms with E-state index in [0.29, 0.717) is 0 Å². The second-order valence-electron chi connectivity index (χ2n) is 6.07. The Morgan fingerprint density at radius 3 is 2.32 bits per heavy atom. The fourth-order valence-corrected chi connectivity index (χ4v) is 2.53. The van der Waals surface area contributed by atoms with Gasteiger partial charge in [-0.15, -0.1) is 0 Å². The molecular weight excluding hydrogens is 290 g/mol. The number of nitrogens with zero attached hydrogens (tertiary/aromatic N) is 1. The average molecular weight is 314 g/mol. The zero-order valence-electron chi connectivity index (χ0n) is 13.5. The highest BCUT2D eigenvalue weighted by Crippen LogP contribution is 2.24. The van der Waals surface area contributed by atoms with Crippen molar-refractivity contribution in [3.05, 3.63) is 65.2 Å². The largest absolute Gasteiger partial charge is 0.314 e. The maximum absolute atomic E-state index is 6.60. The molecule has 2 aromatic carbocycles. The summed E-state index contributed by atoms with van der Waals surface area (Å²) < 4.78 is 0. The molecular formula is C18H23BClN2. The third-order valence-corrected chi connectivity index (χ3v) is 4.57. The maximum Gasteiger partial charge on any atom is 0.158 e. The van der Waals surface area contributed by atoms with Gasteiger partial charge in [0, 0.05) is 11.6 Å². The van der Waals surface area contributed by atoms with Gasteiger partial charge in [0.2, 0.25) is 0 Å². The first-order valence-corrected chi connectivity index (χ1v) is 7.92. The van der Waals surface area contributed by atoms with Crippen LogP contribution in [0.5, 0.6) is 0 Å². The first-order chi connectivity index (χ1) is 10.4. The molecule has 0 fully saturated rings. The molecule has 0 heterocycles. The second-order valence-corrected chi connectivity index (χ2v) is 6.51. The van der Waals surface area contributed by atoms with Gasteiger partial charge in [-0.3, -0.25) is 4.90 Å². The molecule has 2 atom stereocenters. The Labute approximate surface area is 139 Å². The van der Waals surface area contributed by atoms with E-state index >= 15 is 0 Å². The van der Waals surface area contributed by atoms with E-state index in [2.05, 4.69) is 57.3 Å². The summed E-state index contributed by atoms with van der Waals surface area (Å²) in [5.74, 6) is 0.197. The molecule has 0 bridgehead atoms. The van der Waals surface area contributed by atoms with Crippen molar-refractivity contribution >= 4 is 24.3 Å². The molecule has 0 saturated heterocycles. The molecule has 0 saturated carbocycles. The van der Waals surface area contributed by atoms with Crippen LogP contribution in [0.2, 0.25) is 10.8 Å². The van der Waals surface area contributed by atoms with Gasteiger partial charge < -0.3 is 5.73 Å². The lowest BCUT2D eigenvalue weighted by Crippen LogP contribution is -2.56. The molecule has 2 aromatic rings. The molecule has 1 radical (unpaired) electrons. The van der Waals surface area contributed by atoms with Crippen LogP contribution >= 0.6 is 11.6 Å². The van der Waals surface area contributed by atoms with Crippen LogP contribution < -0.4 is 11.2 Å². The van der Waals surface area contributed by atoms with Crippen LogP contribution in [0.25, 0.3) is 0 Å². The first-order valence-electron chi connectivity index (χ1n) is 7.54. The van der Waals surface area contributed by atoms with Crippen molar-refractivity contribution in [2.45, 2.75) is 31.9 Å². The summed E-state index contributed by atoms with van der Waals surface area (Å²) in [5, 5.41) is 0.751. The van der Waals surface area contributed by atoms with Crippen molar-refractivity contribution in [3.63, 3.8) is 0 Å². The van der Waals surface area contributed by atoms with E-state index in [1.807, 2.05) is 30.3 Å². The third-order valence-electron chi connectivity index (χ3n) is 4.32. The Morgan fingerprint density at radius 2 is 1.73 bits per heavy atom. The highest BCUT2D eigenvalue weighted by atomic mass is 35.5. The van der Waals surface area contributed by atoms with Crippen LogP contribution in [0, 0.1) is 0 Å². The van der Waals surface area contributed by atoms with Crippen molar-refractivity contribution in [2.24, 2.45) is 5.73 Å². The summed E-state index contributed by atoms with van der Waals surface area (Å²) in [5.41, 5.74) is 8.57. The quantitative estimate of drug-likeness (QED) is 0.655. The fraction of sp³-hybridized carbons (Fsp3) is 0.333. The summed E-state index contributed by atoms with van der Waals surface area (Å²) in [6.45, 7) is 5.05. The highest BCUT2D eigenvalue weighted by molar-refractivity contribution is 6.55. The van der Waals surface area contributed by atoms with Crippen LogP contribution in [-0.2, 0) is 6.54 Å². The topological polar surface area (TPSA) is 29.3 Å². The van der Waals surface area contributed by atoms with Crippen molar-refractivity contribution in [3.8, 4) is 0 Å². The molecule has 0 aliphatic carbocycles. The number of rotatable bonds is 6. The molecule has 2 N–H and O–H groups in total. The highest BCUT2D eigenvalue weighted by Gasteiger charge is 2.31. The van der Waals surface area contributed by atoms with Crippen molar-refractivity contribution in [1.82, 2.24) is 4.90 Å². The summed E-state index contributed by atoms with van der Waals surface area (Å²) in [4.78, 5) is 2.19. The predicted octanol–water partition coefficient (Wildman–Crippen LogP) is 3.28. The Balaban J connectivity index is 2.02. The number of benzene rings is 2. The summed E-state index contributed by atoms with van der Waals surface area (Å²) in [6, 6.07) is 18.2. The van der Waals surface area contributed by atoms with Crippen molar-refractivity contribution < 1.29 is 0 Å². The maximum atomic E-state index is 6.60. The first kappa shape index (κ1) is 17.1. The van der Waals surface area contributed by atoms with E-state index in [9.17, 15) is 0 Å². The minimum Gasteiger partial charge on any atom is -0.314 e. The lowest BCUT2D eigenvalue weighted by molar-refractivity contribution is 0.130. The van der Waals surface area contributed by atoms with E-state index in [1.165, 1.54) is 5.56 Å². The summed E-state index contributed by atoms with van der Waals surface area (Å²) in [6.07, 6.45) is 0. The third kappa shape index (κ3) is 4.36. The second kappa shape index (κ2) is 7.32. The molecule has 0 spiro atoms.